The quantitative estimate of drug-likeness (QED) is 0.772. The highest BCUT2D eigenvalue weighted by Gasteiger charge is 2.11. The van der Waals surface area contributed by atoms with Gasteiger partial charge in [0.25, 0.3) is 0 Å². The first-order chi connectivity index (χ1) is 11.1. The van der Waals surface area contributed by atoms with Crippen molar-refractivity contribution in [2.45, 2.75) is 26.3 Å². The van der Waals surface area contributed by atoms with Gasteiger partial charge in [0.2, 0.25) is 0 Å². The monoisotopic (exact) mass is 328 g/mol. The number of hydrogen-bond donors (Lipinski definition) is 1. The second-order valence-electron chi connectivity index (χ2n) is 5.47. The van der Waals surface area contributed by atoms with Gasteiger partial charge >= 0.3 is 5.97 Å². The van der Waals surface area contributed by atoms with Gasteiger partial charge in [-0.15, -0.1) is 0 Å². The van der Waals surface area contributed by atoms with Crippen LogP contribution >= 0.6 is 11.6 Å². The lowest BCUT2D eigenvalue weighted by Gasteiger charge is -2.06. The van der Waals surface area contributed by atoms with Crippen molar-refractivity contribution in [3.05, 3.63) is 64.4 Å². The number of aryl methyl sites for hydroxylation is 1. The number of aromatic nitrogens is 2. The Morgan fingerprint density at radius 3 is 2.52 bits per heavy atom. The molecule has 0 aliphatic carbocycles. The van der Waals surface area contributed by atoms with Gasteiger partial charge in [0.15, 0.2) is 0 Å². The molecule has 4 nitrogen and oxygen atoms in total. The zero-order valence-corrected chi connectivity index (χ0v) is 13.5. The normalized spacial score (nSPS) is 11.0. The lowest BCUT2D eigenvalue weighted by molar-refractivity contribution is -0.136. The highest BCUT2D eigenvalue weighted by atomic mass is 35.5. The second-order valence-corrected chi connectivity index (χ2v) is 5.91. The Kier molecular flexibility index (Phi) is 4.35. The highest BCUT2D eigenvalue weighted by Crippen LogP contribution is 2.21. The van der Waals surface area contributed by atoms with E-state index in [-0.39, 0.29) is 6.42 Å². The van der Waals surface area contributed by atoms with Crippen LogP contribution in [0.25, 0.3) is 11.0 Å². The van der Waals surface area contributed by atoms with E-state index in [9.17, 15) is 4.79 Å². The Hall–Kier alpha value is -2.33. The molecule has 118 valence electrons. The fourth-order valence-corrected chi connectivity index (χ4v) is 2.91. The Labute approximate surface area is 139 Å². The number of carbonyl (C=O) groups is 1. The second kappa shape index (κ2) is 6.42. The van der Waals surface area contributed by atoms with Crippen molar-refractivity contribution >= 4 is 28.6 Å². The summed E-state index contributed by atoms with van der Waals surface area (Å²) in [6.45, 7) is 2.90. The van der Waals surface area contributed by atoms with Crippen LogP contribution in [0.3, 0.4) is 0 Å². The van der Waals surface area contributed by atoms with Crippen LogP contribution in [0.5, 0.6) is 0 Å². The summed E-state index contributed by atoms with van der Waals surface area (Å²) in [5.41, 5.74) is 3.79. The molecule has 1 N–H and O–H groups in total. The standard InChI is InChI=1S/C18H17ClN2O2/c1-2-21-16-8-5-13(11-18(22)23)9-15(16)20-17(21)10-12-3-6-14(19)7-4-12/h3-9H,2,10-11H2,1H3,(H,22,23). The summed E-state index contributed by atoms with van der Waals surface area (Å²) in [7, 11) is 0. The molecule has 0 unspecified atom stereocenters. The largest absolute Gasteiger partial charge is 0.481 e. The minimum atomic E-state index is -0.833. The number of benzene rings is 2. The molecule has 1 heterocycles. The van der Waals surface area contributed by atoms with Crippen LogP contribution in [0.1, 0.15) is 23.9 Å². The van der Waals surface area contributed by atoms with Gasteiger partial charge in [-0.25, -0.2) is 4.98 Å². The summed E-state index contributed by atoms with van der Waals surface area (Å²) >= 11 is 5.93. The molecule has 0 spiro atoms. The molecule has 0 radical (unpaired) electrons. The van der Waals surface area contributed by atoms with E-state index in [1.165, 1.54) is 0 Å². The predicted molar refractivity (Wildman–Crippen MR) is 91.0 cm³/mol. The van der Waals surface area contributed by atoms with Crippen molar-refractivity contribution in [3.8, 4) is 0 Å². The molecule has 0 aliphatic heterocycles. The Morgan fingerprint density at radius 2 is 1.87 bits per heavy atom. The maximum absolute atomic E-state index is 10.9. The van der Waals surface area contributed by atoms with Crippen molar-refractivity contribution in [3.63, 3.8) is 0 Å². The third-order valence-electron chi connectivity index (χ3n) is 3.84. The highest BCUT2D eigenvalue weighted by molar-refractivity contribution is 6.30. The molecule has 3 rings (SSSR count). The van der Waals surface area contributed by atoms with Gasteiger partial charge in [0.1, 0.15) is 5.82 Å². The summed E-state index contributed by atoms with van der Waals surface area (Å²) in [5, 5.41) is 9.64. The van der Waals surface area contributed by atoms with E-state index in [0.717, 1.165) is 39.6 Å². The lowest BCUT2D eigenvalue weighted by atomic mass is 10.1. The number of hydrogen-bond acceptors (Lipinski definition) is 2. The van der Waals surface area contributed by atoms with Gasteiger partial charge in [-0.05, 0) is 42.3 Å². The van der Waals surface area contributed by atoms with E-state index >= 15 is 0 Å². The van der Waals surface area contributed by atoms with Crippen LogP contribution in [0, 0.1) is 0 Å². The van der Waals surface area contributed by atoms with Gasteiger partial charge in [0, 0.05) is 18.0 Å². The molecule has 0 saturated carbocycles. The molecular formula is C18H17ClN2O2. The predicted octanol–water partition coefficient (Wildman–Crippen LogP) is 3.93. The van der Waals surface area contributed by atoms with E-state index in [2.05, 4.69) is 11.5 Å². The molecule has 0 saturated heterocycles. The van der Waals surface area contributed by atoms with Crippen molar-refractivity contribution < 1.29 is 9.90 Å². The van der Waals surface area contributed by atoms with Crippen LogP contribution in [0.2, 0.25) is 5.02 Å². The number of carboxylic acids is 1. The summed E-state index contributed by atoms with van der Waals surface area (Å²) in [4.78, 5) is 15.6. The van der Waals surface area contributed by atoms with Crippen LogP contribution in [0.15, 0.2) is 42.5 Å². The van der Waals surface area contributed by atoms with Crippen molar-refractivity contribution in [2.75, 3.05) is 0 Å². The van der Waals surface area contributed by atoms with Crippen LogP contribution in [-0.2, 0) is 24.2 Å². The third kappa shape index (κ3) is 3.37. The maximum Gasteiger partial charge on any atom is 0.307 e. The number of imidazole rings is 1. The number of nitrogens with zero attached hydrogens (tertiary/aromatic N) is 2. The Bertz CT molecular complexity index is 853. The van der Waals surface area contributed by atoms with Crippen LogP contribution in [-0.4, -0.2) is 20.6 Å². The summed E-state index contributed by atoms with van der Waals surface area (Å²) < 4.78 is 2.16. The van der Waals surface area contributed by atoms with E-state index in [1.807, 2.05) is 42.5 Å². The van der Waals surface area contributed by atoms with E-state index < -0.39 is 5.97 Å². The fourth-order valence-electron chi connectivity index (χ4n) is 2.78. The first-order valence-corrected chi connectivity index (χ1v) is 7.89. The number of carboxylic acid groups (broad SMARTS) is 1. The molecule has 0 bridgehead atoms. The zero-order chi connectivity index (χ0) is 16.4. The molecule has 0 amide bonds. The average Bonchev–Trinajstić information content (AvgIpc) is 2.85. The zero-order valence-electron chi connectivity index (χ0n) is 12.8. The SMILES string of the molecule is CCn1c(Cc2ccc(Cl)cc2)nc2cc(CC(=O)O)ccc21. The molecule has 23 heavy (non-hydrogen) atoms. The third-order valence-corrected chi connectivity index (χ3v) is 4.09. The fraction of sp³-hybridized carbons (Fsp3) is 0.222. The summed E-state index contributed by atoms with van der Waals surface area (Å²) in [6.07, 6.45) is 0.732. The first-order valence-electron chi connectivity index (χ1n) is 7.51. The topological polar surface area (TPSA) is 55.1 Å². The summed E-state index contributed by atoms with van der Waals surface area (Å²) in [5.74, 6) is 0.137. The van der Waals surface area contributed by atoms with E-state index in [1.54, 1.807) is 0 Å². The molecule has 3 aromatic rings. The van der Waals surface area contributed by atoms with E-state index in [0.29, 0.717) is 6.42 Å². The molecule has 2 aromatic carbocycles. The first kappa shape index (κ1) is 15.6. The smallest absolute Gasteiger partial charge is 0.307 e. The lowest BCUT2D eigenvalue weighted by Crippen LogP contribution is -2.02. The Balaban J connectivity index is 1.98. The van der Waals surface area contributed by atoms with Crippen molar-refractivity contribution in [1.82, 2.24) is 9.55 Å². The van der Waals surface area contributed by atoms with Gasteiger partial charge in [-0.1, -0.05) is 29.8 Å². The number of aliphatic carboxylic acids is 1. The molecule has 0 fully saturated rings. The average molecular weight is 329 g/mol. The number of halogens is 1. The van der Waals surface area contributed by atoms with Gasteiger partial charge in [-0.3, -0.25) is 4.79 Å². The molecular weight excluding hydrogens is 312 g/mol. The van der Waals surface area contributed by atoms with Gasteiger partial charge < -0.3 is 9.67 Å². The van der Waals surface area contributed by atoms with Gasteiger partial charge in [0.05, 0.1) is 17.5 Å². The molecule has 0 atom stereocenters. The maximum atomic E-state index is 10.9. The number of rotatable bonds is 5. The minimum absolute atomic E-state index is 0.0153. The van der Waals surface area contributed by atoms with Crippen LogP contribution < -0.4 is 0 Å². The van der Waals surface area contributed by atoms with Crippen molar-refractivity contribution in [1.29, 1.82) is 0 Å². The molecule has 1 aromatic heterocycles. The minimum Gasteiger partial charge on any atom is -0.481 e. The van der Waals surface area contributed by atoms with Crippen LogP contribution in [0.4, 0.5) is 0 Å². The van der Waals surface area contributed by atoms with E-state index in [4.69, 9.17) is 21.7 Å². The Morgan fingerprint density at radius 1 is 1.17 bits per heavy atom. The van der Waals surface area contributed by atoms with Gasteiger partial charge in [-0.2, -0.15) is 0 Å². The summed E-state index contributed by atoms with van der Waals surface area (Å²) in [6, 6.07) is 13.4. The molecule has 0 aliphatic rings. The van der Waals surface area contributed by atoms with Crippen molar-refractivity contribution in [2.24, 2.45) is 0 Å². The molecule has 5 heteroatoms. The number of fused-ring (bicyclic) bond motifs is 1.